The molecule has 2 N–H and O–H groups in total. The highest BCUT2D eigenvalue weighted by molar-refractivity contribution is 5.66. The van der Waals surface area contributed by atoms with Gasteiger partial charge in [0.1, 0.15) is 0 Å². The number of allylic oxidation sites excluding steroid dienone is 1. The summed E-state index contributed by atoms with van der Waals surface area (Å²) in [5.41, 5.74) is 7.56. The molecule has 0 aliphatic heterocycles. The minimum absolute atomic E-state index is 0.336. The number of benzene rings is 2. The molecule has 0 fully saturated rings. The fourth-order valence-corrected chi connectivity index (χ4v) is 4.90. The lowest BCUT2D eigenvalue weighted by molar-refractivity contribution is 0.293. The van der Waals surface area contributed by atoms with Crippen LogP contribution < -0.4 is 10.6 Å². The van der Waals surface area contributed by atoms with Crippen LogP contribution in [0.25, 0.3) is 5.57 Å². The minimum Gasteiger partial charge on any atom is -0.391 e. The van der Waals surface area contributed by atoms with E-state index in [0.717, 1.165) is 46.5 Å². The molecule has 0 radical (unpaired) electrons. The molecule has 2 nitrogen and oxygen atoms in total. The molecular weight excluding hydrogens is 448 g/mol. The van der Waals surface area contributed by atoms with Crippen LogP contribution in [0.15, 0.2) is 79.7 Å². The third-order valence-electron chi connectivity index (χ3n) is 7.60. The number of aryl methyl sites for hydroxylation is 1. The second kappa shape index (κ2) is 13.9. The number of rotatable bonds is 14. The Morgan fingerprint density at radius 2 is 1.27 bits per heavy atom. The van der Waals surface area contributed by atoms with Crippen molar-refractivity contribution in [2.24, 2.45) is 10.8 Å². The summed E-state index contributed by atoms with van der Waals surface area (Å²) < 4.78 is 0. The van der Waals surface area contributed by atoms with E-state index in [4.69, 9.17) is 0 Å². The second-order valence-corrected chi connectivity index (χ2v) is 11.2. The average molecular weight is 497 g/mol. The molecule has 0 aliphatic rings. The zero-order valence-electron chi connectivity index (χ0n) is 24.2. The van der Waals surface area contributed by atoms with Gasteiger partial charge in [-0.25, -0.2) is 0 Å². The summed E-state index contributed by atoms with van der Waals surface area (Å²) in [6, 6.07) is 17.1. The van der Waals surface area contributed by atoms with E-state index >= 15 is 0 Å². The molecule has 37 heavy (non-hydrogen) atoms. The van der Waals surface area contributed by atoms with E-state index < -0.39 is 0 Å². The fraction of sp³-hybridized carbons (Fsp3) is 0.429. The van der Waals surface area contributed by atoms with Gasteiger partial charge in [0, 0.05) is 42.0 Å². The molecule has 0 aliphatic carbocycles. The van der Waals surface area contributed by atoms with Gasteiger partial charge in [0.05, 0.1) is 0 Å². The van der Waals surface area contributed by atoms with Crippen molar-refractivity contribution < 1.29 is 0 Å². The van der Waals surface area contributed by atoms with Crippen molar-refractivity contribution >= 4 is 5.57 Å². The van der Waals surface area contributed by atoms with Crippen molar-refractivity contribution in [1.29, 1.82) is 0 Å². The lowest BCUT2D eigenvalue weighted by atomic mass is 9.77. The molecule has 0 heterocycles. The van der Waals surface area contributed by atoms with E-state index in [0.29, 0.717) is 5.41 Å². The summed E-state index contributed by atoms with van der Waals surface area (Å²) in [6.07, 6.45) is 8.31. The Balaban J connectivity index is 1.95. The number of hydrogen-bond donors (Lipinski definition) is 2. The second-order valence-electron chi connectivity index (χ2n) is 11.2. The largest absolute Gasteiger partial charge is 0.391 e. The van der Waals surface area contributed by atoms with Gasteiger partial charge in [-0.15, -0.1) is 0 Å². The fourth-order valence-electron chi connectivity index (χ4n) is 4.90. The van der Waals surface area contributed by atoms with Crippen LogP contribution in [0.3, 0.4) is 0 Å². The Bertz CT molecular complexity index is 1090. The van der Waals surface area contributed by atoms with Crippen LogP contribution in [-0.2, 0) is 6.42 Å². The molecule has 0 unspecified atom stereocenters. The quantitative estimate of drug-likeness (QED) is 0.202. The molecule has 2 aromatic rings. The summed E-state index contributed by atoms with van der Waals surface area (Å²) in [4.78, 5) is 0. The number of unbranched alkanes of at least 4 members (excludes halogenated alkanes) is 1. The van der Waals surface area contributed by atoms with E-state index in [9.17, 15) is 0 Å². The van der Waals surface area contributed by atoms with Gasteiger partial charge in [-0.3, -0.25) is 0 Å². The van der Waals surface area contributed by atoms with Gasteiger partial charge in [-0.05, 0) is 85.4 Å². The van der Waals surface area contributed by atoms with Gasteiger partial charge in [-0.1, -0.05) is 89.5 Å². The van der Waals surface area contributed by atoms with Crippen molar-refractivity contribution in [3.63, 3.8) is 0 Å². The summed E-state index contributed by atoms with van der Waals surface area (Å²) >= 11 is 0. The van der Waals surface area contributed by atoms with Crippen LogP contribution in [0, 0.1) is 22.7 Å². The first kappa shape index (κ1) is 30.0. The van der Waals surface area contributed by atoms with Gasteiger partial charge < -0.3 is 10.6 Å². The minimum atomic E-state index is -0.336. The summed E-state index contributed by atoms with van der Waals surface area (Å²) in [5.74, 6) is 6.61. The SMILES string of the molecule is C=C(CC(C)(C(=C)NC)C(=C)NC)c1ccc(C#Cc2ccc(CCCCC(C)(C)CCC)cc2)cc1. The summed E-state index contributed by atoms with van der Waals surface area (Å²) in [5, 5.41) is 6.38. The predicted molar refractivity (Wildman–Crippen MR) is 163 cm³/mol. The molecule has 2 rings (SSSR count). The van der Waals surface area contributed by atoms with Gasteiger partial charge in [0.2, 0.25) is 0 Å². The van der Waals surface area contributed by atoms with E-state index in [2.05, 4.69) is 118 Å². The van der Waals surface area contributed by atoms with Crippen LogP contribution in [0.1, 0.15) is 88.5 Å². The Labute approximate surface area is 227 Å². The third-order valence-corrected chi connectivity index (χ3v) is 7.60. The summed E-state index contributed by atoms with van der Waals surface area (Å²) in [7, 11) is 3.78. The lowest BCUT2D eigenvalue weighted by Crippen LogP contribution is -2.33. The van der Waals surface area contributed by atoms with E-state index in [1.807, 2.05) is 14.1 Å². The van der Waals surface area contributed by atoms with Crippen LogP contribution >= 0.6 is 0 Å². The van der Waals surface area contributed by atoms with Gasteiger partial charge in [0.25, 0.3) is 0 Å². The smallest absolute Gasteiger partial charge is 0.0496 e. The standard InChI is InChI=1S/C35H48N2/c1-10-24-34(5,6)25-12-11-13-30-14-16-31(17-15-30)18-19-32-20-22-33(23-21-32)27(2)26-35(7,28(3)36-8)29(4)37-9/h14-17,20-23,36-37H,2-4,10-13,24-26H2,1,5-9H3. The molecule has 0 bridgehead atoms. The maximum absolute atomic E-state index is 4.35. The first-order valence-corrected chi connectivity index (χ1v) is 13.7. The first-order valence-electron chi connectivity index (χ1n) is 13.7. The summed E-state index contributed by atoms with van der Waals surface area (Å²) in [6.45, 7) is 21.9. The Morgan fingerprint density at radius 3 is 1.76 bits per heavy atom. The normalized spacial score (nSPS) is 11.3. The van der Waals surface area contributed by atoms with Crippen LogP contribution in [0.4, 0.5) is 0 Å². The van der Waals surface area contributed by atoms with Gasteiger partial charge in [-0.2, -0.15) is 0 Å². The highest BCUT2D eigenvalue weighted by Gasteiger charge is 2.31. The molecule has 0 aromatic heterocycles. The monoisotopic (exact) mass is 496 g/mol. The number of hydrogen-bond acceptors (Lipinski definition) is 2. The Hall–Kier alpha value is -3.18. The van der Waals surface area contributed by atoms with Crippen molar-refractivity contribution in [1.82, 2.24) is 10.6 Å². The zero-order valence-corrected chi connectivity index (χ0v) is 24.2. The molecule has 198 valence electrons. The number of nitrogens with one attached hydrogen (secondary N) is 2. The molecule has 0 spiro atoms. The lowest BCUT2D eigenvalue weighted by Gasteiger charge is -2.34. The zero-order chi connectivity index (χ0) is 27.5. The maximum atomic E-state index is 4.35. The first-order chi connectivity index (χ1) is 17.5. The van der Waals surface area contributed by atoms with Crippen molar-refractivity contribution in [3.8, 4) is 11.8 Å². The van der Waals surface area contributed by atoms with Crippen molar-refractivity contribution in [2.75, 3.05) is 14.1 Å². The molecule has 0 atom stereocenters. The predicted octanol–water partition coefficient (Wildman–Crippen LogP) is 8.50. The van der Waals surface area contributed by atoms with Gasteiger partial charge in [0.15, 0.2) is 0 Å². The van der Waals surface area contributed by atoms with Crippen molar-refractivity contribution in [2.45, 2.75) is 72.6 Å². The molecule has 0 amide bonds. The molecule has 0 saturated heterocycles. The van der Waals surface area contributed by atoms with E-state index in [-0.39, 0.29) is 5.41 Å². The van der Waals surface area contributed by atoms with Crippen LogP contribution in [-0.4, -0.2) is 14.1 Å². The molecular formula is C35H48N2. The average Bonchev–Trinajstić information content (AvgIpc) is 2.89. The van der Waals surface area contributed by atoms with Crippen LogP contribution in [0.2, 0.25) is 0 Å². The van der Waals surface area contributed by atoms with Crippen molar-refractivity contribution in [3.05, 3.63) is 102 Å². The van der Waals surface area contributed by atoms with E-state index in [1.54, 1.807) is 0 Å². The van der Waals surface area contributed by atoms with Crippen LogP contribution in [0.5, 0.6) is 0 Å². The Morgan fingerprint density at radius 1 is 0.757 bits per heavy atom. The topological polar surface area (TPSA) is 24.1 Å². The molecule has 2 aromatic carbocycles. The maximum Gasteiger partial charge on any atom is 0.0496 e. The third kappa shape index (κ3) is 9.01. The highest BCUT2D eigenvalue weighted by Crippen LogP contribution is 2.39. The highest BCUT2D eigenvalue weighted by atomic mass is 14.9. The van der Waals surface area contributed by atoms with Gasteiger partial charge >= 0.3 is 0 Å². The molecule has 2 heteroatoms. The Kier molecular flexibility index (Phi) is 11.3. The van der Waals surface area contributed by atoms with E-state index in [1.165, 1.54) is 37.7 Å². The molecule has 0 saturated carbocycles.